The molecule has 110 valence electrons. The van der Waals surface area contributed by atoms with Crippen LogP contribution < -0.4 is 10.6 Å². The van der Waals surface area contributed by atoms with Crippen LogP contribution in [0, 0.1) is 6.92 Å². The molecule has 1 aliphatic heterocycles. The van der Waals surface area contributed by atoms with E-state index in [1.54, 1.807) is 0 Å². The topological polar surface area (TPSA) is 29.3 Å². The van der Waals surface area contributed by atoms with Crippen molar-refractivity contribution in [3.05, 3.63) is 59.2 Å². The fourth-order valence-corrected chi connectivity index (χ4v) is 3.19. The maximum Gasteiger partial charge on any atom is 0.0398 e. The van der Waals surface area contributed by atoms with E-state index in [1.807, 2.05) is 12.1 Å². The summed E-state index contributed by atoms with van der Waals surface area (Å²) < 4.78 is 0. The largest absolute Gasteiger partial charge is 0.399 e. The Morgan fingerprint density at radius 3 is 2.71 bits per heavy atom. The van der Waals surface area contributed by atoms with Gasteiger partial charge in [-0.15, -0.1) is 0 Å². The zero-order chi connectivity index (χ0) is 14.7. The van der Waals surface area contributed by atoms with Gasteiger partial charge in [-0.3, -0.25) is 0 Å². The lowest BCUT2D eigenvalue weighted by Crippen LogP contribution is -2.30. The van der Waals surface area contributed by atoms with Crippen LogP contribution in [0.4, 0.5) is 11.4 Å². The van der Waals surface area contributed by atoms with Crippen molar-refractivity contribution < 1.29 is 0 Å². The zero-order valence-corrected chi connectivity index (χ0v) is 12.8. The first-order valence-electron chi connectivity index (χ1n) is 7.91. The minimum atomic E-state index is 0.846. The maximum atomic E-state index is 5.73. The average Bonchev–Trinajstić information content (AvgIpc) is 2.49. The van der Waals surface area contributed by atoms with Crippen molar-refractivity contribution in [2.24, 2.45) is 0 Å². The van der Waals surface area contributed by atoms with Gasteiger partial charge in [-0.05, 0) is 61.9 Å². The molecular weight excluding hydrogens is 256 g/mol. The summed E-state index contributed by atoms with van der Waals surface area (Å²) in [6.45, 7) is 4.51. The van der Waals surface area contributed by atoms with Crippen LogP contribution in [0.2, 0.25) is 0 Å². The Balaban J connectivity index is 1.60. The van der Waals surface area contributed by atoms with Gasteiger partial charge < -0.3 is 10.6 Å². The van der Waals surface area contributed by atoms with Crippen molar-refractivity contribution in [3.63, 3.8) is 0 Å². The molecule has 2 nitrogen and oxygen atoms in total. The number of hydrogen-bond acceptors (Lipinski definition) is 2. The van der Waals surface area contributed by atoms with Gasteiger partial charge in [0.1, 0.15) is 0 Å². The number of fused-ring (bicyclic) bond motifs is 1. The van der Waals surface area contributed by atoms with Crippen molar-refractivity contribution in [2.45, 2.75) is 32.6 Å². The Bertz CT molecular complexity index is 601. The Morgan fingerprint density at radius 2 is 1.90 bits per heavy atom. The van der Waals surface area contributed by atoms with E-state index in [2.05, 4.69) is 42.2 Å². The highest BCUT2D eigenvalue weighted by Gasteiger charge is 2.16. The molecule has 1 aliphatic rings. The predicted molar refractivity (Wildman–Crippen MR) is 90.9 cm³/mol. The van der Waals surface area contributed by atoms with E-state index in [-0.39, 0.29) is 0 Å². The molecule has 0 aliphatic carbocycles. The molecule has 0 saturated carbocycles. The molecule has 0 aromatic heterocycles. The van der Waals surface area contributed by atoms with Crippen LogP contribution in [0.1, 0.15) is 29.5 Å². The number of rotatable bonds is 4. The molecule has 2 aromatic rings. The molecule has 3 rings (SSSR count). The van der Waals surface area contributed by atoms with Crippen molar-refractivity contribution >= 4 is 11.4 Å². The maximum absolute atomic E-state index is 5.73. The molecule has 0 bridgehead atoms. The first-order valence-corrected chi connectivity index (χ1v) is 7.91. The first kappa shape index (κ1) is 14.0. The highest BCUT2D eigenvalue weighted by atomic mass is 15.1. The Morgan fingerprint density at radius 1 is 1.10 bits per heavy atom. The van der Waals surface area contributed by atoms with Gasteiger partial charge in [0.2, 0.25) is 0 Å². The molecule has 0 unspecified atom stereocenters. The molecule has 2 aromatic carbocycles. The van der Waals surface area contributed by atoms with Crippen LogP contribution in [-0.2, 0) is 12.8 Å². The van der Waals surface area contributed by atoms with Crippen LogP contribution in [0.3, 0.4) is 0 Å². The van der Waals surface area contributed by atoms with E-state index in [0.29, 0.717) is 0 Å². The SMILES string of the molecule is Cc1ccc2c(c1)CCCN2CCCc1ccc(N)cc1. The third-order valence-electron chi connectivity index (χ3n) is 4.32. The smallest absolute Gasteiger partial charge is 0.0398 e. The Labute approximate surface area is 127 Å². The minimum absolute atomic E-state index is 0.846. The molecule has 0 spiro atoms. The lowest BCUT2D eigenvalue weighted by molar-refractivity contribution is 0.664. The molecule has 0 amide bonds. The normalized spacial score (nSPS) is 14.0. The molecule has 0 atom stereocenters. The van der Waals surface area contributed by atoms with Crippen LogP contribution in [0.25, 0.3) is 0 Å². The summed E-state index contributed by atoms with van der Waals surface area (Å²) in [6.07, 6.45) is 4.82. The van der Waals surface area contributed by atoms with E-state index in [1.165, 1.54) is 48.2 Å². The van der Waals surface area contributed by atoms with Gasteiger partial charge in [-0.1, -0.05) is 29.8 Å². The summed E-state index contributed by atoms with van der Waals surface area (Å²) in [5, 5.41) is 0. The highest BCUT2D eigenvalue weighted by Crippen LogP contribution is 2.28. The number of aryl methyl sites for hydroxylation is 3. The second-order valence-corrected chi connectivity index (χ2v) is 6.07. The van der Waals surface area contributed by atoms with Gasteiger partial charge in [-0.2, -0.15) is 0 Å². The number of hydrogen-bond donors (Lipinski definition) is 1. The summed E-state index contributed by atoms with van der Waals surface area (Å²) in [5.41, 5.74) is 12.3. The zero-order valence-electron chi connectivity index (χ0n) is 12.8. The van der Waals surface area contributed by atoms with Crippen molar-refractivity contribution in [1.82, 2.24) is 0 Å². The lowest BCUT2D eigenvalue weighted by atomic mass is 9.99. The average molecular weight is 280 g/mol. The van der Waals surface area contributed by atoms with Crippen molar-refractivity contribution in [1.29, 1.82) is 0 Å². The van der Waals surface area contributed by atoms with Gasteiger partial charge in [0.05, 0.1) is 0 Å². The van der Waals surface area contributed by atoms with E-state index in [9.17, 15) is 0 Å². The molecule has 2 N–H and O–H groups in total. The number of nitrogens with zero attached hydrogens (tertiary/aromatic N) is 1. The highest BCUT2D eigenvalue weighted by molar-refractivity contribution is 5.56. The van der Waals surface area contributed by atoms with Crippen LogP contribution in [-0.4, -0.2) is 13.1 Å². The number of benzene rings is 2. The third kappa shape index (κ3) is 3.38. The summed E-state index contributed by atoms with van der Waals surface area (Å²) in [5.74, 6) is 0. The van der Waals surface area contributed by atoms with Crippen LogP contribution in [0.5, 0.6) is 0 Å². The molecule has 1 heterocycles. The third-order valence-corrected chi connectivity index (χ3v) is 4.32. The van der Waals surface area contributed by atoms with E-state index in [4.69, 9.17) is 5.73 Å². The lowest BCUT2D eigenvalue weighted by Gasteiger charge is -2.31. The quantitative estimate of drug-likeness (QED) is 0.859. The number of anilines is 2. The van der Waals surface area contributed by atoms with Gasteiger partial charge in [0.25, 0.3) is 0 Å². The molecule has 0 saturated heterocycles. The number of nitrogens with two attached hydrogens (primary N) is 1. The Kier molecular flexibility index (Phi) is 4.14. The monoisotopic (exact) mass is 280 g/mol. The van der Waals surface area contributed by atoms with Crippen LogP contribution >= 0.6 is 0 Å². The predicted octanol–water partition coefficient (Wildman–Crippen LogP) is 3.96. The number of nitrogen functional groups attached to an aromatic ring is 1. The standard InChI is InChI=1S/C19H24N2/c1-15-6-11-19-17(14-15)5-3-13-21(19)12-2-4-16-7-9-18(20)10-8-16/h6-11,14H,2-5,12-13,20H2,1H3. The van der Waals surface area contributed by atoms with E-state index < -0.39 is 0 Å². The summed E-state index contributed by atoms with van der Waals surface area (Å²) in [7, 11) is 0. The molecule has 0 radical (unpaired) electrons. The fourth-order valence-electron chi connectivity index (χ4n) is 3.19. The molecule has 21 heavy (non-hydrogen) atoms. The van der Waals surface area contributed by atoms with Gasteiger partial charge in [0, 0.05) is 24.5 Å². The molecule has 0 fully saturated rings. The van der Waals surface area contributed by atoms with E-state index in [0.717, 1.165) is 18.7 Å². The van der Waals surface area contributed by atoms with Gasteiger partial charge in [-0.25, -0.2) is 0 Å². The summed E-state index contributed by atoms with van der Waals surface area (Å²) >= 11 is 0. The van der Waals surface area contributed by atoms with Crippen molar-refractivity contribution in [3.8, 4) is 0 Å². The minimum Gasteiger partial charge on any atom is -0.399 e. The van der Waals surface area contributed by atoms with Gasteiger partial charge in [0.15, 0.2) is 0 Å². The second-order valence-electron chi connectivity index (χ2n) is 6.07. The molecular formula is C19H24N2. The fraction of sp³-hybridized carbons (Fsp3) is 0.368. The molecule has 2 heteroatoms. The van der Waals surface area contributed by atoms with Crippen LogP contribution in [0.15, 0.2) is 42.5 Å². The first-order chi connectivity index (χ1) is 10.2. The van der Waals surface area contributed by atoms with Gasteiger partial charge >= 0.3 is 0 Å². The summed E-state index contributed by atoms with van der Waals surface area (Å²) in [6, 6.07) is 15.2. The second kappa shape index (κ2) is 6.21. The Hall–Kier alpha value is -1.96. The van der Waals surface area contributed by atoms with Crippen molar-refractivity contribution in [2.75, 3.05) is 23.7 Å². The summed E-state index contributed by atoms with van der Waals surface area (Å²) in [4.78, 5) is 2.55. The van der Waals surface area contributed by atoms with E-state index >= 15 is 0 Å².